The van der Waals surface area contributed by atoms with Gasteiger partial charge in [-0.15, -0.1) is 0 Å². The van der Waals surface area contributed by atoms with Crippen LogP contribution in [0.5, 0.6) is 5.75 Å². The first-order valence-electron chi connectivity index (χ1n) is 5.00. The van der Waals surface area contributed by atoms with E-state index in [1.807, 2.05) is 36.4 Å². The van der Waals surface area contributed by atoms with Gasteiger partial charge in [-0.1, -0.05) is 36.4 Å². The van der Waals surface area contributed by atoms with Crippen molar-refractivity contribution in [2.45, 2.75) is 13.3 Å². The Labute approximate surface area is 90.0 Å². The number of hydrogen-bond acceptors (Lipinski definition) is 1. The van der Waals surface area contributed by atoms with Gasteiger partial charge in [-0.25, -0.2) is 0 Å². The van der Waals surface area contributed by atoms with Crippen LogP contribution in [0.1, 0.15) is 16.7 Å². The van der Waals surface area contributed by atoms with E-state index in [1.54, 1.807) is 6.07 Å². The zero-order valence-corrected chi connectivity index (χ0v) is 8.70. The van der Waals surface area contributed by atoms with E-state index in [0.717, 1.165) is 12.0 Å². The Balaban J connectivity index is 2.30. The molecule has 0 saturated heterocycles. The monoisotopic (exact) mass is 197 g/mol. The first-order valence-corrected chi connectivity index (χ1v) is 5.00. The summed E-state index contributed by atoms with van der Waals surface area (Å²) in [5.41, 5.74) is 3.41. The molecule has 2 rings (SSSR count). The van der Waals surface area contributed by atoms with Gasteiger partial charge in [0.25, 0.3) is 0 Å². The average Bonchev–Trinajstić information content (AvgIpc) is 2.24. The molecule has 0 fully saturated rings. The van der Waals surface area contributed by atoms with Gasteiger partial charge in [0.05, 0.1) is 0 Å². The second-order valence-corrected chi connectivity index (χ2v) is 3.66. The van der Waals surface area contributed by atoms with Crippen molar-refractivity contribution in [3.8, 4) is 5.75 Å². The van der Waals surface area contributed by atoms with E-state index in [0.29, 0.717) is 5.75 Å². The zero-order valence-electron chi connectivity index (χ0n) is 8.70. The van der Waals surface area contributed by atoms with Crippen LogP contribution in [0.25, 0.3) is 0 Å². The molecule has 0 aliphatic rings. The molecule has 1 nitrogen and oxygen atoms in total. The Bertz CT molecular complexity index is 417. The first-order chi connectivity index (χ1) is 7.27. The van der Waals surface area contributed by atoms with Crippen LogP contribution >= 0.6 is 0 Å². The van der Waals surface area contributed by atoms with Crippen LogP contribution < -0.4 is 0 Å². The highest BCUT2D eigenvalue weighted by Crippen LogP contribution is 2.20. The maximum absolute atomic E-state index is 9.65. The smallest absolute Gasteiger partial charge is 0.119 e. The molecule has 0 aliphatic carbocycles. The van der Waals surface area contributed by atoms with E-state index < -0.39 is 0 Å². The lowest BCUT2D eigenvalue weighted by molar-refractivity contribution is 0.469. The summed E-state index contributed by atoms with van der Waals surface area (Å²) in [4.78, 5) is 0. The van der Waals surface area contributed by atoms with Crippen molar-refractivity contribution < 1.29 is 5.11 Å². The number of phenolic OH excluding ortho intramolecular Hbond substituents is 1. The number of phenols is 1. The van der Waals surface area contributed by atoms with Crippen LogP contribution in [0.2, 0.25) is 0 Å². The molecule has 0 unspecified atom stereocenters. The number of aromatic hydroxyl groups is 1. The molecule has 1 N–H and O–H groups in total. The average molecular weight is 197 g/mol. The van der Waals surface area contributed by atoms with Crippen molar-refractivity contribution in [3.05, 3.63) is 65.2 Å². The minimum Gasteiger partial charge on any atom is -0.508 e. The molecule has 0 amide bonds. The fraction of sp³-hybridized carbons (Fsp3) is 0.143. The minimum atomic E-state index is 0.365. The zero-order chi connectivity index (χ0) is 10.7. The molecule has 0 heterocycles. The molecule has 0 aliphatic heterocycles. The van der Waals surface area contributed by atoms with Gasteiger partial charge < -0.3 is 5.11 Å². The minimum absolute atomic E-state index is 0.365. The number of hydrogen-bond donors (Lipinski definition) is 1. The fourth-order valence-electron chi connectivity index (χ4n) is 1.61. The molecule has 0 spiro atoms. The third-order valence-electron chi connectivity index (χ3n) is 2.56. The molecule has 75 valence electrons. The van der Waals surface area contributed by atoms with Crippen molar-refractivity contribution in [2.75, 3.05) is 0 Å². The lowest BCUT2D eigenvalue weighted by Gasteiger charge is -2.06. The Morgan fingerprint density at radius 1 is 1.13 bits per heavy atom. The van der Waals surface area contributed by atoms with Crippen LogP contribution in [0, 0.1) is 13.0 Å². The van der Waals surface area contributed by atoms with E-state index in [-0.39, 0.29) is 0 Å². The van der Waals surface area contributed by atoms with Crippen LogP contribution in [0.4, 0.5) is 0 Å². The molecule has 2 aromatic rings. The molecular formula is C14H13O. The summed E-state index contributed by atoms with van der Waals surface area (Å²) in [5, 5.41) is 9.65. The van der Waals surface area contributed by atoms with Gasteiger partial charge in [0.15, 0.2) is 0 Å². The van der Waals surface area contributed by atoms with Crippen molar-refractivity contribution in [1.29, 1.82) is 0 Å². The SMILES string of the molecule is Cc1c[c]ccc1Cc1ccccc1O. The number of aryl methyl sites for hydroxylation is 1. The van der Waals surface area contributed by atoms with Gasteiger partial charge in [-0.2, -0.15) is 0 Å². The Morgan fingerprint density at radius 2 is 1.93 bits per heavy atom. The third-order valence-corrected chi connectivity index (χ3v) is 2.56. The van der Waals surface area contributed by atoms with Gasteiger partial charge in [0.1, 0.15) is 5.75 Å². The molecule has 0 aromatic heterocycles. The fourth-order valence-corrected chi connectivity index (χ4v) is 1.61. The highest BCUT2D eigenvalue weighted by Gasteiger charge is 2.02. The van der Waals surface area contributed by atoms with E-state index in [2.05, 4.69) is 13.0 Å². The van der Waals surface area contributed by atoms with Crippen LogP contribution in [0.15, 0.2) is 42.5 Å². The summed E-state index contributed by atoms with van der Waals surface area (Å²) in [6.45, 7) is 2.06. The number of para-hydroxylation sites is 1. The van der Waals surface area contributed by atoms with Gasteiger partial charge in [-0.3, -0.25) is 0 Å². The van der Waals surface area contributed by atoms with Crippen molar-refractivity contribution in [2.24, 2.45) is 0 Å². The first kappa shape index (κ1) is 9.78. The van der Waals surface area contributed by atoms with E-state index >= 15 is 0 Å². The Kier molecular flexibility index (Phi) is 2.72. The van der Waals surface area contributed by atoms with Crippen LogP contribution in [-0.2, 0) is 6.42 Å². The van der Waals surface area contributed by atoms with Crippen molar-refractivity contribution in [3.63, 3.8) is 0 Å². The summed E-state index contributed by atoms with van der Waals surface area (Å²) >= 11 is 0. The topological polar surface area (TPSA) is 20.2 Å². The highest BCUT2D eigenvalue weighted by atomic mass is 16.3. The quantitative estimate of drug-likeness (QED) is 0.784. The molecule has 0 bridgehead atoms. The van der Waals surface area contributed by atoms with E-state index in [4.69, 9.17) is 0 Å². The largest absolute Gasteiger partial charge is 0.508 e. The van der Waals surface area contributed by atoms with Gasteiger partial charge in [-0.05, 0) is 35.7 Å². The second kappa shape index (κ2) is 4.18. The van der Waals surface area contributed by atoms with Gasteiger partial charge in [0.2, 0.25) is 0 Å². The normalized spacial score (nSPS) is 10.2. The highest BCUT2D eigenvalue weighted by molar-refractivity contribution is 5.38. The maximum atomic E-state index is 9.65. The van der Waals surface area contributed by atoms with Gasteiger partial charge in [0, 0.05) is 6.42 Å². The summed E-state index contributed by atoms with van der Waals surface area (Å²) in [6.07, 6.45) is 0.771. The van der Waals surface area contributed by atoms with Crippen LogP contribution in [-0.4, -0.2) is 5.11 Å². The lowest BCUT2D eigenvalue weighted by atomic mass is 10.0. The standard InChI is InChI=1S/C14H13O/c1-11-6-2-3-7-12(11)10-13-8-4-5-9-14(13)15/h3-9,15H,10H2,1H3. The number of benzene rings is 2. The predicted molar refractivity (Wildman–Crippen MR) is 60.9 cm³/mol. The maximum Gasteiger partial charge on any atom is 0.119 e. The number of rotatable bonds is 2. The Hall–Kier alpha value is -1.76. The summed E-state index contributed by atoms with van der Waals surface area (Å²) < 4.78 is 0. The van der Waals surface area contributed by atoms with Crippen LogP contribution in [0.3, 0.4) is 0 Å². The molecule has 15 heavy (non-hydrogen) atoms. The molecule has 0 saturated carbocycles. The molecule has 1 radical (unpaired) electrons. The Morgan fingerprint density at radius 3 is 2.67 bits per heavy atom. The van der Waals surface area contributed by atoms with Crippen molar-refractivity contribution in [1.82, 2.24) is 0 Å². The van der Waals surface area contributed by atoms with Crippen molar-refractivity contribution >= 4 is 0 Å². The summed E-state index contributed by atoms with van der Waals surface area (Å²) in [5.74, 6) is 0.365. The lowest BCUT2D eigenvalue weighted by Crippen LogP contribution is -1.91. The summed E-state index contributed by atoms with van der Waals surface area (Å²) in [6, 6.07) is 16.4. The summed E-state index contributed by atoms with van der Waals surface area (Å²) in [7, 11) is 0. The second-order valence-electron chi connectivity index (χ2n) is 3.66. The third kappa shape index (κ3) is 2.18. The predicted octanol–water partition coefficient (Wildman–Crippen LogP) is 3.09. The van der Waals surface area contributed by atoms with E-state index in [1.165, 1.54) is 11.1 Å². The van der Waals surface area contributed by atoms with Gasteiger partial charge >= 0.3 is 0 Å². The molecular weight excluding hydrogens is 184 g/mol. The molecule has 2 aromatic carbocycles. The molecule has 0 atom stereocenters. The van der Waals surface area contributed by atoms with E-state index in [9.17, 15) is 5.11 Å². The molecule has 1 heteroatoms.